The van der Waals surface area contributed by atoms with E-state index in [4.69, 9.17) is 5.73 Å². The van der Waals surface area contributed by atoms with Crippen molar-refractivity contribution in [3.8, 4) is 5.75 Å². The van der Waals surface area contributed by atoms with E-state index in [9.17, 15) is 28.7 Å². The minimum absolute atomic E-state index is 0.0955. The van der Waals surface area contributed by atoms with Crippen LogP contribution in [-0.2, 0) is 37.4 Å². The zero-order chi connectivity index (χ0) is 30.9. The Morgan fingerprint density at radius 2 is 1.71 bits per heavy atom. The van der Waals surface area contributed by atoms with Crippen LogP contribution in [0.5, 0.6) is 5.75 Å². The fraction of sp³-hybridized carbons (Fsp3) is 0.484. The fourth-order valence-corrected chi connectivity index (χ4v) is 4.75. The summed E-state index contributed by atoms with van der Waals surface area (Å²) in [6.07, 6.45) is 1.75. The van der Waals surface area contributed by atoms with Gasteiger partial charge in [-0.2, -0.15) is 0 Å². The molecule has 42 heavy (non-hydrogen) atoms. The Labute approximate surface area is 246 Å². The molecule has 7 N–H and O–H groups in total. The number of nitrogens with two attached hydrogens (primary N) is 1. The molecule has 2 aromatic carbocycles. The minimum atomic E-state index is -1.01. The van der Waals surface area contributed by atoms with E-state index in [-0.39, 0.29) is 49.3 Å². The molecule has 3 rings (SSSR count). The molecule has 0 saturated carbocycles. The van der Waals surface area contributed by atoms with Crippen molar-refractivity contribution >= 4 is 23.6 Å². The minimum Gasteiger partial charge on any atom is -0.508 e. The number of phenolic OH excluding ortho intramolecular Hbond substituents is 1. The van der Waals surface area contributed by atoms with Crippen molar-refractivity contribution in [1.82, 2.24) is 21.3 Å². The maximum atomic E-state index is 13.5. The number of hydrogen-bond donors (Lipinski definition) is 6. The molecule has 0 bridgehead atoms. The third-order valence-electron chi connectivity index (χ3n) is 7.17. The van der Waals surface area contributed by atoms with Crippen molar-refractivity contribution in [2.75, 3.05) is 13.1 Å². The number of carbonyl (C=O) groups is 4. The number of halogens is 1. The van der Waals surface area contributed by atoms with Crippen molar-refractivity contribution in [3.63, 3.8) is 0 Å². The molecule has 11 heteroatoms. The van der Waals surface area contributed by atoms with Gasteiger partial charge in [0.05, 0.1) is 6.04 Å². The maximum absolute atomic E-state index is 13.5. The topological polar surface area (TPSA) is 163 Å². The van der Waals surface area contributed by atoms with Crippen LogP contribution in [-0.4, -0.2) is 60.0 Å². The Morgan fingerprint density at radius 1 is 1.02 bits per heavy atom. The number of benzene rings is 2. The summed E-state index contributed by atoms with van der Waals surface area (Å²) in [5.41, 5.74) is 7.85. The summed E-state index contributed by atoms with van der Waals surface area (Å²) in [5.74, 6) is -2.02. The lowest BCUT2D eigenvalue weighted by atomic mass is 9.84. The lowest BCUT2D eigenvalue weighted by molar-refractivity contribution is -0.132. The predicted octanol–water partition coefficient (Wildman–Crippen LogP) is 1.72. The summed E-state index contributed by atoms with van der Waals surface area (Å²) in [6.45, 7) is 6.37. The summed E-state index contributed by atoms with van der Waals surface area (Å²) in [7, 11) is 0. The summed E-state index contributed by atoms with van der Waals surface area (Å²) in [6, 6.07) is 7.75. The number of hydrogen-bond acceptors (Lipinski definition) is 6. The lowest BCUT2D eigenvalue weighted by Gasteiger charge is -2.26. The zero-order valence-electron chi connectivity index (χ0n) is 24.5. The highest BCUT2D eigenvalue weighted by Crippen LogP contribution is 2.31. The van der Waals surface area contributed by atoms with Crippen LogP contribution in [0.3, 0.4) is 0 Å². The van der Waals surface area contributed by atoms with Crippen molar-refractivity contribution in [2.24, 2.45) is 5.73 Å². The largest absolute Gasteiger partial charge is 0.508 e. The number of amides is 4. The van der Waals surface area contributed by atoms with E-state index in [0.29, 0.717) is 30.5 Å². The number of phenols is 1. The molecule has 228 valence electrons. The highest BCUT2D eigenvalue weighted by atomic mass is 19.1. The van der Waals surface area contributed by atoms with Gasteiger partial charge in [0, 0.05) is 25.9 Å². The molecule has 1 saturated heterocycles. The second-order valence-corrected chi connectivity index (χ2v) is 11.8. The molecule has 0 aliphatic carbocycles. The van der Waals surface area contributed by atoms with Crippen LogP contribution in [0, 0.1) is 5.82 Å². The first kappa shape index (κ1) is 32.5. The number of rotatable bonds is 6. The highest BCUT2D eigenvalue weighted by Gasteiger charge is 2.29. The quantitative estimate of drug-likeness (QED) is 0.303. The molecule has 10 nitrogen and oxygen atoms in total. The fourth-order valence-electron chi connectivity index (χ4n) is 4.75. The Bertz CT molecular complexity index is 1260. The van der Waals surface area contributed by atoms with Gasteiger partial charge in [0.1, 0.15) is 23.7 Å². The number of aromatic hydroxyl groups is 1. The van der Waals surface area contributed by atoms with Gasteiger partial charge in [-0.1, -0.05) is 45.0 Å². The van der Waals surface area contributed by atoms with E-state index in [1.807, 2.05) is 20.8 Å². The Hall–Kier alpha value is -3.99. The molecule has 1 heterocycles. The van der Waals surface area contributed by atoms with Crippen LogP contribution in [0.1, 0.15) is 63.1 Å². The first-order chi connectivity index (χ1) is 19.8. The summed E-state index contributed by atoms with van der Waals surface area (Å²) < 4.78 is 13.3. The molecule has 0 radical (unpaired) electrons. The summed E-state index contributed by atoms with van der Waals surface area (Å²) in [5, 5.41) is 21.4. The Kier molecular flexibility index (Phi) is 11.4. The van der Waals surface area contributed by atoms with Crippen LogP contribution >= 0.6 is 0 Å². The van der Waals surface area contributed by atoms with Crippen LogP contribution in [0.25, 0.3) is 0 Å². The van der Waals surface area contributed by atoms with Gasteiger partial charge in [-0.05, 0) is 66.0 Å². The van der Waals surface area contributed by atoms with E-state index in [0.717, 1.165) is 5.56 Å². The molecule has 1 aliphatic rings. The highest BCUT2D eigenvalue weighted by molar-refractivity contribution is 5.93. The van der Waals surface area contributed by atoms with Gasteiger partial charge in [-0.25, -0.2) is 4.39 Å². The van der Waals surface area contributed by atoms with Gasteiger partial charge in [0.15, 0.2) is 0 Å². The third-order valence-corrected chi connectivity index (χ3v) is 7.17. The maximum Gasteiger partial charge on any atom is 0.243 e. The van der Waals surface area contributed by atoms with E-state index in [1.165, 1.54) is 12.1 Å². The molecule has 2 aromatic rings. The molecule has 1 fully saturated rings. The van der Waals surface area contributed by atoms with Crippen LogP contribution in [0.2, 0.25) is 0 Å². The molecular formula is C31H42FN5O5. The van der Waals surface area contributed by atoms with Crippen LogP contribution < -0.4 is 27.0 Å². The first-order valence-corrected chi connectivity index (χ1v) is 14.3. The SMILES string of the molecule is CC(C)(C)c1cc(C[C@@H]2NC(=O)[C@@H](NC(=O)[C@@H](N)Cc3ccc(F)cc3)CCCCNC(=O)CCNC2=O)ccc1O. The normalized spacial score (nSPS) is 20.0. The monoisotopic (exact) mass is 583 g/mol. The second-order valence-electron chi connectivity index (χ2n) is 11.8. The number of nitrogens with one attached hydrogen (secondary N) is 4. The smallest absolute Gasteiger partial charge is 0.243 e. The molecule has 0 spiro atoms. The van der Waals surface area contributed by atoms with Gasteiger partial charge in [0.2, 0.25) is 23.6 Å². The van der Waals surface area contributed by atoms with E-state index < -0.39 is 41.7 Å². The van der Waals surface area contributed by atoms with Gasteiger partial charge in [-0.3, -0.25) is 19.2 Å². The molecule has 3 atom stereocenters. The molecule has 1 aliphatic heterocycles. The lowest BCUT2D eigenvalue weighted by Crippen LogP contribution is -2.56. The molecular weight excluding hydrogens is 541 g/mol. The number of carbonyl (C=O) groups excluding carboxylic acids is 4. The summed E-state index contributed by atoms with van der Waals surface area (Å²) >= 11 is 0. The van der Waals surface area contributed by atoms with Crippen LogP contribution in [0.4, 0.5) is 4.39 Å². The molecule has 0 aromatic heterocycles. The van der Waals surface area contributed by atoms with Gasteiger partial charge < -0.3 is 32.1 Å². The molecule has 4 amide bonds. The van der Waals surface area contributed by atoms with E-state index in [1.54, 1.807) is 30.3 Å². The van der Waals surface area contributed by atoms with Crippen molar-refractivity contribution in [3.05, 3.63) is 65.0 Å². The average molecular weight is 584 g/mol. The predicted molar refractivity (Wildman–Crippen MR) is 157 cm³/mol. The zero-order valence-corrected chi connectivity index (χ0v) is 24.5. The van der Waals surface area contributed by atoms with Crippen molar-refractivity contribution in [1.29, 1.82) is 0 Å². The first-order valence-electron chi connectivity index (χ1n) is 14.3. The van der Waals surface area contributed by atoms with E-state index >= 15 is 0 Å². The van der Waals surface area contributed by atoms with Gasteiger partial charge in [0.25, 0.3) is 0 Å². The van der Waals surface area contributed by atoms with Crippen LogP contribution in [0.15, 0.2) is 42.5 Å². The van der Waals surface area contributed by atoms with Gasteiger partial charge >= 0.3 is 0 Å². The third kappa shape index (κ3) is 9.83. The Morgan fingerprint density at radius 3 is 2.40 bits per heavy atom. The van der Waals surface area contributed by atoms with Crippen molar-refractivity contribution < 1.29 is 28.7 Å². The summed E-state index contributed by atoms with van der Waals surface area (Å²) in [4.78, 5) is 51.9. The van der Waals surface area contributed by atoms with E-state index in [2.05, 4.69) is 21.3 Å². The average Bonchev–Trinajstić information content (AvgIpc) is 2.92. The Balaban J connectivity index is 1.80. The second kappa shape index (κ2) is 14.8. The van der Waals surface area contributed by atoms with Crippen molar-refractivity contribution in [2.45, 2.75) is 82.8 Å². The van der Waals surface area contributed by atoms with Gasteiger partial charge in [-0.15, -0.1) is 0 Å². The molecule has 0 unspecified atom stereocenters. The standard InChI is InChI=1S/C31H42FN5O5/c1-31(2,3)22-16-20(9-12-26(22)38)18-25-29(41)35-15-13-27(39)34-14-5-4-6-24(30(42)37-25)36-28(40)23(33)17-19-7-10-21(32)11-8-19/h7-12,16,23-25,38H,4-6,13-15,17-18,33H2,1-3H3,(H,34,39)(H,35,41)(H,36,40)(H,37,42)/t23-,24-,25-/m0/s1.